The minimum absolute atomic E-state index is 0.0155. The van der Waals surface area contributed by atoms with E-state index in [0.717, 1.165) is 45.8 Å². The molecule has 0 aliphatic carbocycles. The highest BCUT2D eigenvalue weighted by Crippen LogP contribution is 2.55. The molecule has 0 aliphatic heterocycles. The molecule has 0 unspecified atom stereocenters. The van der Waals surface area contributed by atoms with E-state index in [1.54, 1.807) is 0 Å². The molecular weight excluding hydrogens is 511 g/mol. The van der Waals surface area contributed by atoms with Crippen LogP contribution < -0.4 is 10.5 Å². The topological polar surface area (TPSA) is 119 Å². The van der Waals surface area contributed by atoms with Gasteiger partial charge in [0.2, 0.25) is 0 Å². The summed E-state index contributed by atoms with van der Waals surface area (Å²) in [5.74, 6) is 1.12. The number of alkyl halides is 2. The van der Waals surface area contributed by atoms with Crippen LogP contribution in [0.2, 0.25) is 0 Å². The Bertz CT molecular complexity index is 1510. The first-order chi connectivity index (χ1) is 17.9. The number of pyridine rings is 2. The van der Waals surface area contributed by atoms with Crippen LogP contribution in [-0.2, 0) is 17.4 Å². The molecule has 0 aliphatic rings. The Kier molecular flexibility index (Phi) is 8.31. The van der Waals surface area contributed by atoms with Crippen LogP contribution in [0.1, 0.15) is 47.9 Å². The molecule has 4 aromatic rings. The van der Waals surface area contributed by atoms with E-state index in [4.69, 9.17) is 20.3 Å². The van der Waals surface area contributed by atoms with Crippen molar-refractivity contribution >= 4 is 35.2 Å². The minimum atomic E-state index is -5.41. The first kappa shape index (κ1) is 27.9. The summed E-state index contributed by atoms with van der Waals surface area (Å²) in [6, 6.07) is 14.2. The van der Waals surface area contributed by atoms with Crippen LogP contribution in [0.5, 0.6) is 5.75 Å². The number of nitrogens with two attached hydrogens (primary N) is 1. The van der Waals surface area contributed by atoms with Gasteiger partial charge in [-0.1, -0.05) is 18.2 Å². The van der Waals surface area contributed by atoms with Crippen LogP contribution in [0.25, 0.3) is 21.8 Å². The average Bonchev–Trinajstić information content (AvgIpc) is 2.84. The Morgan fingerprint density at radius 3 is 2.53 bits per heavy atom. The van der Waals surface area contributed by atoms with E-state index in [-0.39, 0.29) is 6.42 Å². The molecule has 202 valence electrons. The fourth-order valence-corrected chi connectivity index (χ4v) is 4.92. The molecule has 0 bridgehead atoms. The maximum absolute atomic E-state index is 13.3. The van der Waals surface area contributed by atoms with E-state index >= 15 is 0 Å². The summed E-state index contributed by atoms with van der Waals surface area (Å²) in [6.45, 7) is 4.39. The molecule has 0 fully saturated rings. The van der Waals surface area contributed by atoms with Gasteiger partial charge in [-0.05, 0) is 92.5 Å². The fourth-order valence-electron chi connectivity index (χ4n) is 4.47. The summed E-state index contributed by atoms with van der Waals surface area (Å²) in [5, 5.41) is 2.03. The normalized spacial score (nSPS) is 12.4. The van der Waals surface area contributed by atoms with Gasteiger partial charge in [0.25, 0.3) is 0 Å². The summed E-state index contributed by atoms with van der Waals surface area (Å²) >= 11 is 0. The number of fused-ring (bicyclic) bond motifs is 3. The number of ether oxygens (including phenoxy) is 1. The predicted molar refractivity (Wildman–Crippen MR) is 146 cm³/mol. The number of nitrogens with zero attached hydrogens (tertiary/aromatic N) is 2. The number of nitrogen functional groups attached to an aromatic ring is 1. The first-order valence-electron chi connectivity index (χ1n) is 12.5. The van der Waals surface area contributed by atoms with Gasteiger partial charge >= 0.3 is 13.3 Å². The number of unbranched alkanes of at least 4 members (excludes halogenated alkanes) is 2. The molecule has 4 rings (SSSR count). The van der Waals surface area contributed by atoms with Crippen molar-refractivity contribution in [2.24, 2.45) is 0 Å². The Morgan fingerprint density at radius 1 is 1.00 bits per heavy atom. The van der Waals surface area contributed by atoms with Crippen LogP contribution in [0.3, 0.4) is 0 Å². The van der Waals surface area contributed by atoms with Crippen molar-refractivity contribution in [2.45, 2.75) is 58.0 Å². The van der Waals surface area contributed by atoms with Crippen molar-refractivity contribution in [3.8, 4) is 5.75 Å². The van der Waals surface area contributed by atoms with E-state index in [1.807, 2.05) is 44.3 Å². The lowest BCUT2D eigenvalue weighted by Gasteiger charge is -2.17. The van der Waals surface area contributed by atoms with Crippen LogP contribution >= 0.6 is 7.60 Å². The van der Waals surface area contributed by atoms with Gasteiger partial charge in [-0.2, -0.15) is 8.78 Å². The van der Waals surface area contributed by atoms with Crippen molar-refractivity contribution in [1.82, 2.24) is 9.97 Å². The van der Waals surface area contributed by atoms with Crippen LogP contribution in [0.4, 0.5) is 14.6 Å². The highest BCUT2D eigenvalue weighted by molar-refractivity contribution is 7.53. The summed E-state index contributed by atoms with van der Waals surface area (Å²) < 4.78 is 43.1. The SMILES string of the molecule is Cc1ccc2c(c1)nc(N)c1ncc(CCc3ccc(OCCCCCC(F)(F)P(=O)(O)O)cc3C)cc12. The molecule has 4 N–H and O–H groups in total. The number of aromatic nitrogens is 2. The molecule has 2 heterocycles. The van der Waals surface area contributed by atoms with Gasteiger partial charge in [0.15, 0.2) is 5.82 Å². The average molecular weight is 544 g/mol. The van der Waals surface area contributed by atoms with Crippen molar-refractivity contribution in [3.05, 3.63) is 70.9 Å². The molecule has 0 radical (unpaired) electrons. The third-order valence-electron chi connectivity index (χ3n) is 6.69. The number of rotatable bonds is 11. The maximum atomic E-state index is 13.3. The number of anilines is 1. The van der Waals surface area contributed by atoms with E-state index in [2.05, 4.69) is 28.2 Å². The summed E-state index contributed by atoms with van der Waals surface area (Å²) in [7, 11) is -5.41. The first-order valence-corrected chi connectivity index (χ1v) is 14.2. The van der Waals surface area contributed by atoms with Gasteiger partial charge in [0.1, 0.15) is 11.3 Å². The largest absolute Gasteiger partial charge is 0.494 e. The Balaban J connectivity index is 1.32. The van der Waals surface area contributed by atoms with E-state index < -0.39 is 19.7 Å². The molecule has 0 saturated heterocycles. The molecule has 0 atom stereocenters. The number of aryl methyl sites for hydroxylation is 4. The predicted octanol–water partition coefficient (Wildman–Crippen LogP) is 6.48. The smallest absolute Gasteiger partial charge is 0.394 e. The zero-order valence-corrected chi connectivity index (χ0v) is 22.3. The third-order valence-corrected chi connectivity index (χ3v) is 7.76. The number of hydrogen-bond acceptors (Lipinski definition) is 5. The van der Waals surface area contributed by atoms with Crippen molar-refractivity contribution in [1.29, 1.82) is 0 Å². The lowest BCUT2D eigenvalue weighted by Crippen LogP contribution is -2.16. The molecule has 0 amide bonds. The molecule has 2 aromatic heterocycles. The lowest BCUT2D eigenvalue weighted by atomic mass is 9.99. The van der Waals surface area contributed by atoms with Gasteiger partial charge in [-0.15, -0.1) is 0 Å². The van der Waals surface area contributed by atoms with Gasteiger partial charge in [0.05, 0.1) is 12.1 Å². The van der Waals surface area contributed by atoms with Gasteiger partial charge in [0, 0.05) is 23.4 Å². The van der Waals surface area contributed by atoms with Gasteiger partial charge in [-0.3, -0.25) is 9.55 Å². The summed E-state index contributed by atoms with van der Waals surface area (Å²) in [4.78, 5) is 26.4. The molecule has 7 nitrogen and oxygen atoms in total. The number of hydrogen-bond donors (Lipinski definition) is 3. The van der Waals surface area contributed by atoms with Crippen LogP contribution in [-0.4, -0.2) is 32.0 Å². The second kappa shape index (κ2) is 11.3. The van der Waals surface area contributed by atoms with Gasteiger partial charge in [-0.25, -0.2) is 4.98 Å². The van der Waals surface area contributed by atoms with E-state index in [9.17, 15) is 13.3 Å². The summed E-state index contributed by atoms with van der Waals surface area (Å²) in [6.07, 6.45) is 3.57. The van der Waals surface area contributed by atoms with Crippen LogP contribution in [0, 0.1) is 13.8 Å². The maximum Gasteiger partial charge on any atom is 0.394 e. The molecule has 0 spiro atoms. The quantitative estimate of drug-likeness (QED) is 0.113. The molecule has 10 heteroatoms. The Labute approximate surface area is 220 Å². The van der Waals surface area contributed by atoms with E-state index in [0.29, 0.717) is 36.5 Å². The molecular formula is C28H32F2N3O4P. The highest BCUT2D eigenvalue weighted by atomic mass is 31.2. The monoisotopic (exact) mass is 543 g/mol. The Morgan fingerprint density at radius 2 is 1.79 bits per heavy atom. The van der Waals surface area contributed by atoms with Gasteiger partial charge < -0.3 is 20.3 Å². The Hall–Kier alpha value is -3.13. The molecule has 38 heavy (non-hydrogen) atoms. The molecule has 0 saturated carbocycles. The standard InChI is InChI=1S/C28H32F2N3O4P/c1-18-6-11-23-24-16-20(17-32-26(24)27(31)33-25(23)14-18)7-8-21-9-10-22(15-19(21)2)37-13-5-3-4-12-28(29,30)38(34,35)36/h6,9-11,14-17H,3-5,7-8,12-13H2,1-2H3,(H2,31,33)(H2,34,35,36). The van der Waals surface area contributed by atoms with Crippen molar-refractivity contribution in [3.63, 3.8) is 0 Å². The van der Waals surface area contributed by atoms with Crippen molar-refractivity contribution in [2.75, 3.05) is 12.3 Å². The third kappa shape index (κ3) is 6.46. The zero-order chi connectivity index (χ0) is 27.5. The second-order valence-electron chi connectivity index (χ2n) is 9.71. The zero-order valence-electron chi connectivity index (χ0n) is 21.5. The van der Waals surface area contributed by atoms with Crippen LogP contribution in [0.15, 0.2) is 48.7 Å². The fraction of sp³-hybridized carbons (Fsp3) is 0.357. The van der Waals surface area contributed by atoms with E-state index in [1.165, 1.54) is 5.56 Å². The van der Waals surface area contributed by atoms with Crippen molar-refractivity contribution < 1.29 is 27.9 Å². The lowest BCUT2D eigenvalue weighted by molar-refractivity contribution is 0.0474. The number of halogens is 2. The minimum Gasteiger partial charge on any atom is -0.494 e. The summed E-state index contributed by atoms with van der Waals surface area (Å²) in [5.41, 5.74) is 8.27. The number of benzene rings is 2. The molecule has 2 aromatic carbocycles. The second-order valence-corrected chi connectivity index (χ2v) is 11.5. The highest BCUT2D eigenvalue weighted by Gasteiger charge is 2.47.